The zero-order valence-corrected chi connectivity index (χ0v) is 18.5. The number of carboxylic acid groups (broad SMARTS) is 1. The van der Waals surface area contributed by atoms with Crippen molar-refractivity contribution in [3.8, 4) is 0 Å². The van der Waals surface area contributed by atoms with E-state index in [-0.39, 0.29) is 23.4 Å². The summed E-state index contributed by atoms with van der Waals surface area (Å²) in [6, 6.07) is 8.75. The fourth-order valence-corrected chi connectivity index (χ4v) is 3.30. The number of anilines is 3. The van der Waals surface area contributed by atoms with Gasteiger partial charge in [0.15, 0.2) is 0 Å². The molecule has 0 unspecified atom stereocenters. The molecule has 0 heterocycles. The van der Waals surface area contributed by atoms with Crippen LogP contribution in [-0.2, 0) is 17.4 Å². The van der Waals surface area contributed by atoms with Crippen LogP contribution in [0.25, 0.3) is 0 Å². The van der Waals surface area contributed by atoms with E-state index < -0.39 is 40.5 Å². The highest BCUT2D eigenvalue weighted by atomic mass is 19.4. The van der Waals surface area contributed by atoms with Crippen molar-refractivity contribution in [2.45, 2.75) is 32.0 Å². The Morgan fingerprint density at radius 2 is 1.54 bits per heavy atom. The lowest BCUT2D eigenvalue weighted by atomic mass is 10.0. The third-order valence-electron chi connectivity index (χ3n) is 5.20. The second-order valence-electron chi connectivity index (χ2n) is 7.80. The molecule has 0 fully saturated rings. The summed E-state index contributed by atoms with van der Waals surface area (Å²) in [4.78, 5) is 47.6. The maximum absolute atomic E-state index is 12.7. The summed E-state index contributed by atoms with van der Waals surface area (Å²) in [5.74, 6) is -1.83. The third kappa shape index (κ3) is 6.05. The van der Waals surface area contributed by atoms with Gasteiger partial charge in [0.2, 0.25) is 0 Å². The Balaban J connectivity index is 1.65. The van der Waals surface area contributed by atoms with Crippen molar-refractivity contribution >= 4 is 28.9 Å². The molecule has 3 rings (SSSR count). The van der Waals surface area contributed by atoms with E-state index in [4.69, 9.17) is 0 Å². The standard InChI is InChI=1S/C24H22F3N3O5/c1-2-11-28-18-19(21(32)20(18)31)30-17(23(34)35)12-13-3-9-16(10-4-13)29-22(33)14-5-7-15(8-6-14)24(25,26)27/h3-10,17,28,30H,2,11-12H2,1H3,(H,29,33)(H,34,35)/t17-/m0/s1. The Labute approximate surface area is 197 Å². The highest BCUT2D eigenvalue weighted by molar-refractivity contribution is 6.04. The number of carbonyl (C=O) groups is 2. The van der Waals surface area contributed by atoms with E-state index in [0.717, 1.165) is 24.3 Å². The largest absolute Gasteiger partial charge is 0.480 e. The van der Waals surface area contributed by atoms with Gasteiger partial charge in [0.1, 0.15) is 17.4 Å². The lowest BCUT2D eigenvalue weighted by Gasteiger charge is -2.20. The fraction of sp³-hybridized carbons (Fsp3) is 0.250. The first-order valence-corrected chi connectivity index (χ1v) is 10.6. The molecule has 0 saturated carbocycles. The van der Waals surface area contributed by atoms with Crippen molar-refractivity contribution < 1.29 is 27.9 Å². The molecule has 0 saturated heterocycles. The van der Waals surface area contributed by atoms with Crippen LogP contribution in [0, 0.1) is 0 Å². The van der Waals surface area contributed by atoms with Crippen LogP contribution >= 0.6 is 0 Å². The van der Waals surface area contributed by atoms with Crippen molar-refractivity contribution in [1.82, 2.24) is 0 Å². The van der Waals surface area contributed by atoms with Crippen molar-refractivity contribution in [3.63, 3.8) is 0 Å². The smallest absolute Gasteiger partial charge is 0.416 e. The van der Waals surface area contributed by atoms with Crippen molar-refractivity contribution in [2.75, 3.05) is 22.5 Å². The van der Waals surface area contributed by atoms with Crippen LogP contribution in [-0.4, -0.2) is 29.6 Å². The summed E-state index contributed by atoms with van der Waals surface area (Å²) in [5, 5.41) is 17.6. The summed E-state index contributed by atoms with van der Waals surface area (Å²) in [7, 11) is 0. The molecule has 1 amide bonds. The number of hydrogen-bond acceptors (Lipinski definition) is 6. The van der Waals surface area contributed by atoms with Crippen LogP contribution in [0.5, 0.6) is 0 Å². The number of carbonyl (C=O) groups excluding carboxylic acids is 1. The zero-order chi connectivity index (χ0) is 25.8. The van der Waals surface area contributed by atoms with E-state index in [1.165, 1.54) is 12.1 Å². The normalized spacial score (nSPS) is 12.2. The molecule has 3 aromatic rings. The topological polar surface area (TPSA) is 125 Å². The van der Waals surface area contributed by atoms with Crippen molar-refractivity contribution in [2.24, 2.45) is 0 Å². The van der Waals surface area contributed by atoms with Crippen LogP contribution in [0.1, 0.15) is 34.8 Å². The van der Waals surface area contributed by atoms with Crippen molar-refractivity contribution in [1.29, 1.82) is 0 Å². The summed E-state index contributed by atoms with van der Waals surface area (Å²) < 4.78 is 38.0. The van der Waals surface area contributed by atoms with Gasteiger partial charge >= 0.3 is 12.1 Å². The van der Waals surface area contributed by atoms with Crippen LogP contribution in [0.3, 0.4) is 0 Å². The maximum Gasteiger partial charge on any atom is 0.416 e. The van der Waals surface area contributed by atoms with Gasteiger partial charge in [-0.05, 0) is 48.4 Å². The minimum absolute atomic E-state index is 0.0194. The van der Waals surface area contributed by atoms with Gasteiger partial charge in [-0.25, -0.2) is 4.79 Å². The quantitative estimate of drug-likeness (QED) is 0.322. The van der Waals surface area contributed by atoms with E-state index >= 15 is 0 Å². The van der Waals surface area contributed by atoms with Crippen LogP contribution < -0.4 is 26.8 Å². The predicted octanol–water partition coefficient (Wildman–Crippen LogP) is 3.48. The number of aliphatic carboxylic acids is 1. The van der Waals surface area contributed by atoms with Crippen LogP contribution in [0.2, 0.25) is 0 Å². The number of halogens is 3. The predicted molar refractivity (Wildman–Crippen MR) is 125 cm³/mol. The number of carboxylic acids is 1. The Kier molecular flexibility index (Phi) is 7.58. The lowest BCUT2D eigenvalue weighted by molar-refractivity contribution is -0.138. The summed E-state index contributed by atoms with van der Waals surface area (Å²) in [6.07, 6.45) is -3.81. The molecule has 0 aliphatic carbocycles. The van der Waals surface area contributed by atoms with Gasteiger partial charge in [0, 0.05) is 24.2 Å². The Hall–Kier alpha value is -4.15. The van der Waals surface area contributed by atoms with E-state index in [2.05, 4.69) is 16.0 Å². The number of benzene rings is 2. The molecule has 0 aliphatic rings. The minimum Gasteiger partial charge on any atom is -0.480 e. The first kappa shape index (κ1) is 25.5. The molecular weight excluding hydrogens is 467 g/mol. The number of alkyl halides is 3. The average molecular weight is 489 g/mol. The molecule has 0 bridgehead atoms. The van der Waals surface area contributed by atoms with E-state index in [0.29, 0.717) is 24.2 Å². The third-order valence-corrected chi connectivity index (χ3v) is 5.20. The van der Waals surface area contributed by atoms with Gasteiger partial charge in [-0.15, -0.1) is 0 Å². The van der Waals surface area contributed by atoms with Gasteiger partial charge in [-0.2, -0.15) is 13.2 Å². The first-order chi connectivity index (χ1) is 16.5. The monoisotopic (exact) mass is 489 g/mol. The van der Waals surface area contributed by atoms with E-state index in [1.807, 2.05) is 6.92 Å². The fourth-order valence-electron chi connectivity index (χ4n) is 3.30. The second-order valence-corrected chi connectivity index (χ2v) is 7.80. The van der Waals surface area contributed by atoms with Crippen molar-refractivity contribution in [3.05, 3.63) is 85.7 Å². The van der Waals surface area contributed by atoms with Crippen LogP contribution in [0.15, 0.2) is 58.1 Å². The summed E-state index contributed by atoms with van der Waals surface area (Å²) in [6.45, 7) is 2.33. The highest BCUT2D eigenvalue weighted by Crippen LogP contribution is 2.29. The molecule has 35 heavy (non-hydrogen) atoms. The van der Waals surface area contributed by atoms with Gasteiger partial charge in [-0.3, -0.25) is 14.4 Å². The first-order valence-electron chi connectivity index (χ1n) is 10.6. The molecule has 0 aliphatic heterocycles. The summed E-state index contributed by atoms with van der Waals surface area (Å²) >= 11 is 0. The molecule has 11 heteroatoms. The number of rotatable bonds is 10. The van der Waals surface area contributed by atoms with Gasteiger partial charge < -0.3 is 21.1 Å². The van der Waals surface area contributed by atoms with E-state index in [9.17, 15) is 37.5 Å². The molecule has 0 aromatic heterocycles. The molecule has 4 N–H and O–H groups in total. The maximum atomic E-state index is 12.7. The number of nitrogens with one attached hydrogen (secondary N) is 3. The Morgan fingerprint density at radius 1 is 0.943 bits per heavy atom. The molecule has 0 radical (unpaired) electrons. The van der Waals surface area contributed by atoms with E-state index in [1.54, 1.807) is 12.1 Å². The number of amides is 1. The minimum atomic E-state index is -4.50. The molecule has 0 spiro atoms. The Bertz CT molecular complexity index is 1280. The molecule has 184 valence electrons. The molecule has 8 nitrogen and oxygen atoms in total. The van der Waals surface area contributed by atoms with Crippen LogP contribution in [0.4, 0.5) is 30.2 Å². The highest BCUT2D eigenvalue weighted by Gasteiger charge is 2.30. The Morgan fingerprint density at radius 3 is 2.09 bits per heavy atom. The molecular formula is C24H22F3N3O5. The molecule has 3 aromatic carbocycles. The van der Waals surface area contributed by atoms with Gasteiger partial charge in [0.05, 0.1) is 5.56 Å². The second kappa shape index (κ2) is 10.4. The number of hydrogen-bond donors (Lipinski definition) is 4. The zero-order valence-electron chi connectivity index (χ0n) is 18.5. The lowest BCUT2D eigenvalue weighted by Crippen LogP contribution is -2.42. The average Bonchev–Trinajstić information content (AvgIpc) is 2.82. The van der Waals surface area contributed by atoms with Gasteiger partial charge in [-0.1, -0.05) is 19.1 Å². The van der Waals surface area contributed by atoms with Gasteiger partial charge in [0.25, 0.3) is 16.8 Å². The molecule has 1 atom stereocenters. The SMILES string of the molecule is CCCNc1c(N[C@@H](Cc2ccc(NC(=O)c3ccc(C(F)(F)F)cc3)cc2)C(=O)O)c(=O)c1=O. The summed E-state index contributed by atoms with van der Waals surface area (Å²) in [5.41, 5.74) is -1.36.